The molecule has 1 aliphatic heterocycles. The van der Waals surface area contributed by atoms with E-state index in [1.165, 1.54) is 27.4 Å². The van der Waals surface area contributed by atoms with Crippen LogP contribution in [0, 0.1) is 12.3 Å². The van der Waals surface area contributed by atoms with Gasteiger partial charge in [-0.2, -0.15) is 0 Å². The SMILES string of the molecule is C#CC1C(/C=C(\C)n2c3ccccc3c3ccccc32)c2ccccc2N1c1cccc(Br)n1. The Labute approximate surface area is 207 Å². The summed E-state index contributed by atoms with van der Waals surface area (Å²) in [5.74, 6) is 3.94. The van der Waals surface area contributed by atoms with Crippen LogP contribution in [0.1, 0.15) is 18.4 Å². The molecule has 5 aromatic rings. The lowest BCUT2D eigenvalue weighted by Crippen LogP contribution is -2.29. The maximum Gasteiger partial charge on any atom is 0.135 e. The summed E-state index contributed by atoms with van der Waals surface area (Å²) in [6, 6.07) is 31.4. The topological polar surface area (TPSA) is 21.1 Å². The van der Waals surface area contributed by atoms with Crippen LogP contribution in [0.5, 0.6) is 0 Å². The van der Waals surface area contributed by atoms with Crippen molar-refractivity contribution < 1.29 is 0 Å². The Bertz CT molecular complexity index is 1570. The summed E-state index contributed by atoms with van der Waals surface area (Å²) in [6.07, 6.45) is 8.50. The van der Waals surface area contributed by atoms with Gasteiger partial charge in [0.15, 0.2) is 0 Å². The molecular weight excluding hydrogens is 482 g/mol. The van der Waals surface area contributed by atoms with Crippen molar-refractivity contribution in [1.82, 2.24) is 9.55 Å². The fourth-order valence-corrected chi connectivity index (χ4v) is 5.60. The highest BCUT2D eigenvalue weighted by molar-refractivity contribution is 9.10. The molecule has 2 atom stereocenters. The first-order chi connectivity index (χ1) is 16.7. The van der Waals surface area contributed by atoms with Gasteiger partial charge in [0.2, 0.25) is 0 Å². The first-order valence-corrected chi connectivity index (χ1v) is 12.1. The number of fused-ring (bicyclic) bond motifs is 4. The van der Waals surface area contributed by atoms with Gasteiger partial charge in [-0.25, -0.2) is 4.98 Å². The summed E-state index contributed by atoms with van der Waals surface area (Å²) in [4.78, 5) is 6.90. The summed E-state index contributed by atoms with van der Waals surface area (Å²) < 4.78 is 3.14. The molecular formula is C30H22BrN3. The highest BCUT2D eigenvalue weighted by atomic mass is 79.9. The molecule has 34 heavy (non-hydrogen) atoms. The van der Waals surface area contributed by atoms with Gasteiger partial charge in [-0.15, -0.1) is 6.42 Å². The van der Waals surface area contributed by atoms with Crippen LogP contribution in [0.3, 0.4) is 0 Å². The van der Waals surface area contributed by atoms with Gasteiger partial charge in [0, 0.05) is 28.1 Å². The molecule has 0 N–H and O–H groups in total. The molecule has 0 saturated carbocycles. The van der Waals surface area contributed by atoms with Crippen LogP contribution in [0.25, 0.3) is 27.5 Å². The van der Waals surface area contributed by atoms with Gasteiger partial charge in [0.1, 0.15) is 16.5 Å². The number of pyridine rings is 1. The lowest BCUT2D eigenvalue weighted by Gasteiger charge is -2.25. The summed E-state index contributed by atoms with van der Waals surface area (Å²) in [6.45, 7) is 2.18. The van der Waals surface area contributed by atoms with Gasteiger partial charge in [-0.3, -0.25) is 0 Å². The first-order valence-electron chi connectivity index (χ1n) is 11.3. The second kappa shape index (κ2) is 8.20. The molecule has 0 fully saturated rings. The van der Waals surface area contributed by atoms with Crippen molar-refractivity contribution in [3.8, 4) is 12.3 Å². The Morgan fingerprint density at radius 3 is 2.21 bits per heavy atom. The minimum absolute atomic E-state index is 0.0295. The van der Waals surface area contributed by atoms with Crippen LogP contribution in [-0.2, 0) is 0 Å². The number of para-hydroxylation sites is 3. The van der Waals surface area contributed by atoms with Gasteiger partial charge < -0.3 is 9.47 Å². The fourth-order valence-electron chi connectivity index (χ4n) is 5.26. The van der Waals surface area contributed by atoms with E-state index in [-0.39, 0.29) is 12.0 Å². The Balaban J connectivity index is 1.54. The molecule has 0 radical (unpaired) electrons. The summed E-state index contributed by atoms with van der Waals surface area (Å²) in [7, 11) is 0. The van der Waals surface area contributed by atoms with Crippen molar-refractivity contribution in [1.29, 1.82) is 0 Å². The maximum absolute atomic E-state index is 6.18. The highest BCUT2D eigenvalue weighted by Crippen LogP contribution is 2.46. The van der Waals surface area contributed by atoms with E-state index in [1.807, 2.05) is 18.2 Å². The molecule has 164 valence electrons. The number of halogens is 1. The van der Waals surface area contributed by atoms with Crippen LogP contribution < -0.4 is 4.90 Å². The molecule has 2 unspecified atom stereocenters. The van der Waals surface area contributed by atoms with E-state index < -0.39 is 0 Å². The maximum atomic E-state index is 6.18. The molecule has 0 amide bonds. The average molecular weight is 504 g/mol. The number of hydrogen-bond donors (Lipinski definition) is 0. The Morgan fingerprint density at radius 1 is 0.882 bits per heavy atom. The minimum atomic E-state index is -0.178. The molecule has 0 spiro atoms. The molecule has 0 aliphatic carbocycles. The van der Waals surface area contributed by atoms with Crippen molar-refractivity contribution in [3.05, 3.63) is 107 Å². The van der Waals surface area contributed by atoms with Gasteiger partial charge in [0.25, 0.3) is 0 Å². The van der Waals surface area contributed by atoms with Gasteiger partial charge in [0.05, 0.1) is 11.0 Å². The predicted octanol–water partition coefficient (Wildman–Crippen LogP) is 7.75. The molecule has 3 aromatic carbocycles. The number of allylic oxidation sites excluding steroid dienone is 1. The molecule has 2 aromatic heterocycles. The number of rotatable bonds is 3. The van der Waals surface area contributed by atoms with Gasteiger partial charge >= 0.3 is 0 Å². The largest absolute Gasteiger partial charge is 0.314 e. The van der Waals surface area contributed by atoms with E-state index in [4.69, 9.17) is 11.4 Å². The zero-order chi connectivity index (χ0) is 23.2. The second-order valence-electron chi connectivity index (χ2n) is 8.56. The monoisotopic (exact) mass is 503 g/mol. The van der Waals surface area contributed by atoms with Gasteiger partial charge in [-0.1, -0.05) is 72.7 Å². The van der Waals surface area contributed by atoms with Crippen molar-refractivity contribution >= 4 is 54.9 Å². The number of hydrogen-bond acceptors (Lipinski definition) is 2. The molecule has 0 saturated heterocycles. The summed E-state index contributed by atoms with van der Waals surface area (Å²) >= 11 is 3.51. The van der Waals surface area contributed by atoms with E-state index in [0.29, 0.717) is 0 Å². The van der Waals surface area contributed by atoms with Gasteiger partial charge in [-0.05, 0) is 58.7 Å². The zero-order valence-electron chi connectivity index (χ0n) is 18.7. The number of anilines is 2. The van der Waals surface area contributed by atoms with Crippen molar-refractivity contribution in [2.24, 2.45) is 0 Å². The quantitative estimate of drug-likeness (QED) is 0.185. The highest BCUT2D eigenvalue weighted by Gasteiger charge is 2.37. The van der Waals surface area contributed by atoms with E-state index in [0.717, 1.165) is 21.8 Å². The Morgan fingerprint density at radius 2 is 1.53 bits per heavy atom. The lowest BCUT2D eigenvalue weighted by molar-refractivity contribution is 0.764. The van der Waals surface area contributed by atoms with Crippen LogP contribution in [0.2, 0.25) is 0 Å². The van der Waals surface area contributed by atoms with E-state index in [1.54, 1.807) is 0 Å². The zero-order valence-corrected chi connectivity index (χ0v) is 20.3. The summed E-state index contributed by atoms with van der Waals surface area (Å²) in [5.41, 5.74) is 5.87. The number of terminal acetylenes is 1. The third-order valence-corrected chi connectivity index (χ3v) is 7.09. The third-order valence-electron chi connectivity index (χ3n) is 6.65. The van der Waals surface area contributed by atoms with Crippen LogP contribution in [0.4, 0.5) is 11.5 Å². The second-order valence-corrected chi connectivity index (χ2v) is 9.37. The lowest BCUT2D eigenvalue weighted by atomic mass is 9.94. The summed E-state index contributed by atoms with van der Waals surface area (Å²) in [5, 5.41) is 2.51. The average Bonchev–Trinajstić information content (AvgIpc) is 3.37. The number of aromatic nitrogens is 2. The predicted molar refractivity (Wildman–Crippen MR) is 145 cm³/mol. The molecule has 4 heteroatoms. The third kappa shape index (κ3) is 3.16. The molecule has 0 bridgehead atoms. The Hall–Kier alpha value is -3.81. The van der Waals surface area contributed by atoms with E-state index in [9.17, 15) is 0 Å². The fraction of sp³-hybridized carbons (Fsp3) is 0.100. The number of nitrogens with zero attached hydrogens (tertiary/aromatic N) is 3. The molecule has 1 aliphatic rings. The van der Waals surface area contributed by atoms with Crippen molar-refractivity contribution in [3.63, 3.8) is 0 Å². The first kappa shape index (κ1) is 20.8. The molecule has 3 heterocycles. The van der Waals surface area contributed by atoms with E-state index >= 15 is 0 Å². The smallest absolute Gasteiger partial charge is 0.135 e. The minimum Gasteiger partial charge on any atom is -0.314 e. The van der Waals surface area contributed by atoms with Crippen LogP contribution in [0.15, 0.2) is 102 Å². The molecule has 3 nitrogen and oxygen atoms in total. The van der Waals surface area contributed by atoms with Crippen LogP contribution in [-0.4, -0.2) is 15.6 Å². The van der Waals surface area contributed by atoms with E-state index in [2.05, 4.69) is 117 Å². The normalized spacial score (nSPS) is 17.8. The van der Waals surface area contributed by atoms with Crippen LogP contribution >= 0.6 is 15.9 Å². The standard InChI is InChI=1S/C30H22BrN3/c1-3-25-24(23-13-6-9-16-28(23)34(25)30-18-10-17-29(31)32-30)19-20(2)33-26-14-7-4-11-21(26)22-12-5-8-15-27(22)33/h1,4-19,24-25H,2H3/b20-19+. The van der Waals surface area contributed by atoms with Crippen molar-refractivity contribution in [2.75, 3.05) is 4.90 Å². The van der Waals surface area contributed by atoms with Crippen molar-refractivity contribution in [2.45, 2.75) is 18.9 Å². The molecule has 6 rings (SSSR count). The number of benzene rings is 3. The Kier molecular flexibility index (Phi) is 5.01.